The molecular weight excluding hydrogens is 141 g/mol. The molecule has 0 amide bonds. The minimum absolute atomic E-state index is 0. The molecule has 0 atom stereocenters. The molecule has 0 aromatic rings. The first-order valence-corrected chi connectivity index (χ1v) is 1.09. The standard InChI is InChI=1S/C2H2O4.K.H3N/c3-1(4)2(5)6;;/h(H,3,4)(H,5,6);;1H3/q;+1;. The zero-order chi connectivity index (χ0) is 5.15. The van der Waals surface area contributed by atoms with Gasteiger partial charge in [0.05, 0.1) is 0 Å². The predicted molar refractivity (Wildman–Crippen MR) is 18.6 cm³/mol. The van der Waals surface area contributed by atoms with Crippen LogP contribution in [-0.4, -0.2) is 17.0 Å². The zero-order valence-electron chi connectivity index (χ0n) is 4.67. The molecule has 0 bridgehead atoms. The summed E-state index contributed by atoms with van der Waals surface area (Å²) in [5.74, 6) is -4.01. The fourth-order valence-electron chi connectivity index (χ4n) is 0. The molecule has 0 aromatic carbocycles. The van der Waals surface area contributed by atoms with Crippen molar-refractivity contribution in [3.05, 3.63) is 0 Å². The van der Waals surface area contributed by atoms with Crippen LogP contribution < -0.4 is 62.6 Å². The number of carbonyl (C=O) groups is 2. The zero-order valence-corrected chi connectivity index (χ0v) is 7.80. The Balaban J connectivity index is -0.000000125. The van der Waals surface area contributed by atoms with Crippen LogP contribution in [0.3, 0.4) is 0 Å². The molecular formula is C2H5KNO4+. The molecule has 0 aromatic heterocycles. The topological polar surface area (TPSA) is 114 Å². The van der Waals surface area contributed by atoms with Crippen molar-refractivity contribution in [1.82, 2.24) is 6.15 Å². The number of aliphatic carboxylic acids is 2. The van der Waals surface area contributed by atoms with Crippen LogP contribution in [-0.2, 0) is 9.59 Å². The number of carbonyl (C=O) groups excluding carboxylic acids is 1. The quantitative estimate of drug-likeness (QED) is 0.263. The van der Waals surface area contributed by atoms with Crippen LogP contribution in [0.1, 0.15) is 0 Å². The van der Waals surface area contributed by atoms with Crippen molar-refractivity contribution in [2.45, 2.75) is 0 Å². The Labute approximate surface area is 88.1 Å². The van der Waals surface area contributed by atoms with Crippen molar-refractivity contribution in [1.29, 1.82) is 0 Å². The van der Waals surface area contributed by atoms with Gasteiger partial charge in [-0.25, -0.2) is 4.79 Å². The van der Waals surface area contributed by atoms with E-state index in [2.05, 4.69) is 0 Å². The molecule has 42 valence electrons. The van der Waals surface area contributed by atoms with Gasteiger partial charge in [-0.2, -0.15) is 0 Å². The summed E-state index contributed by atoms with van der Waals surface area (Å²) in [6.45, 7) is 0. The van der Waals surface area contributed by atoms with Gasteiger partial charge < -0.3 is 21.2 Å². The molecule has 0 radical (unpaired) electrons. The summed E-state index contributed by atoms with van der Waals surface area (Å²) in [6, 6.07) is 0. The van der Waals surface area contributed by atoms with Gasteiger partial charge in [-0.3, -0.25) is 0 Å². The summed E-state index contributed by atoms with van der Waals surface area (Å²) in [5, 5.41) is 16.3. The Kier molecular flexibility index (Phi) is 14.9. The Morgan fingerprint density at radius 1 is 1.38 bits per heavy atom. The second kappa shape index (κ2) is 7.54. The minimum atomic E-state index is -2.07. The van der Waals surface area contributed by atoms with Crippen molar-refractivity contribution in [3.8, 4) is 0 Å². The number of rotatable bonds is 0. The summed E-state index contributed by atoms with van der Waals surface area (Å²) in [5.41, 5.74) is 0. The molecule has 0 saturated carbocycles. The van der Waals surface area contributed by atoms with E-state index in [9.17, 15) is 0 Å². The molecule has 5 nitrogen and oxygen atoms in total. The van der Waals surface area contributed by atoms with Gasteiger partial charge in [-0.15, -0.1) is 0 Å². The summed E-state index contributed by atoms with van der Waals surface area (Å²) < 4.78 is 0. The predicted octanol–water partition coefficient (Wildman–Crippen LogP) is -4.80. The van der Waals surface area contributed by atoms with Crippen LogP contribution in [0.2, 0.25) is 0 Å². The second-order valence-electron chi connectivity index (χ2n) is 0.593. The third-order valence-electron chi connectivity index (χ3n) is 0.175. The van der Waals surface area contributed by atoms with E-state index in [-0.39, 0.29) is 57.5 Å². The fraction of sp³-hybridized carbons (Fsp3) is 0. The molecule has 0 fully saturated rings. The van der Waals surface area contributed by atoms with E-state index in [1.165, 1.54) is 0 Å². The van der Waals surface area contributed by atoms with E-state index in [0.29, 0.717) is 0 Å². The largest absolute Gasteiger partial charge is 1.00 e. The first kappa shape index (κ1) is 15.8. The normalized spacial score (nSPS) is 5.50. The van der Waals surface area contributed by atoms with Gasteiger partial charge >= 0.3 is 57.4 Å². The van der Waals surface area contributed by atoms with Crippen LogP contribution in [0.25, 0.3) is 0 Å². The monoisotopic (exact) mass is 146 g/mol. The smallest absolute Gasteiger partial charge is 0.539 e. The number of hydrogen-bond donors (Lipinski definition) is 2. The number of carboxylic acids is 2. The maximum absolute atomic E-state index is 9.04. The maximum atomic E-state index is 9.04. The molecule has 0 saturated heterocycles. The number of carboxylic acid groups (broad SMARTS) is 2. The number of quaternary nitrogens is 1. The average Bonchev–Trinajstić information content (AvgIpc) is 1.36. The summed E-state index contributed by atoms with van der Waals surface area (Å²) in [6.07, 6.45) is 0. The van der Waals surface area contributed by atoms with Crippen molar-refractivity contribution in [2.75, 3.05) is 0 Å². The first-order chi connectivity index (χ1) is 2.64. The molecule has 6 heteroatoms. The van der Waals surface area contributed by atoms with Crippen molar-refractivity contribution >= 4 is 11.9 Å². The molecule has 5 N–H and O–H groups in total. The minimum Gasteiger partial charge on any atom is -0.539 e. The molecule has 0 unspecified atom stereocenters. The van der Waals surface area contributed by atoms with E-state index in [1.54, 1.807) is 0 Å². The van der Waals surface area contributed by atoms with Gasteiger partial charge in [-0.1, -0.05) is 0 Å². The van der Waals surface area contributed by atoms with Crippen LogP contribution in [0.4, 0.5) is 0 Å². The van der Waals surface area contributed by atoms with Gasteiger partial charge in [0.1, 0.15) is 0 Å². The first-order valence-electron chi connectivity index (χ1n) is 1.09. The fourth-order valence-corrected chi connectivity index (χ4v) is 0. The third-order valence-corrected chi connectivity index (χ3v) is 0.175. The Morgan fingerprint density at radius 2 is 1.50 bits per heavy atom. The van der Waals surface area contributed by atoms with Gasteiger partial charge in [0, 0.05) is 0 Å². The molecule has 8 heavy (non-hydrogen) atoms. The average molecular weight is 146 g/mol. The SMILES string of the molecule is O=C([O-])C(=O)O.[K+].[NH4+]. The van der Waals surface area contributed by atoms with Crippen LogP contribution in [0, 0.1) is 0 Å². The summed E-state index contributed by atoms with van der Waals surface area (Å²) in [4.78, 5) is 18.0. The molecule has 0 aliphatic carbocycles. The third kappa shape index (κ3) is 9.74. The summed E-state index contributed by atoms with van der Waals surface area (Å²) >= 11 is 0. The van der Waals surface area contributed by atoms with Gasteiger partial charge in [-0.05, 0) is 0 Å². The van der Waals surface area contributed by atoms with E-state index in [1.807, 2.05) is 0 Å². The van der Waals surface area contributed by atoms with Gasteiger partial charge in [0.2, 0.25) is 0 Å². The molecule has 0 rings (SSSR count). The Hall–Kier alpha value is 0.536. The molecule has 0 heterocycles. The number of hydrogen-bond acceptors (Lipinski definition) is 3. The van der Waals surface area contributed by atoms with E-state index in [4.69, 9.17) is 19.8 Å². The molecule has 0 spiro atoms. The molecule has 0 aliphatic heterocycles. The maximum Gasteiger partial charge on any atom is 1.00 e. The Bertz CT molecular complexity index is 80.0. The van der Waals surface area contributed by atoms with Crippen LogP contribution in [0.15, 0.2) is 0 Å². The van der Waals surface area contributed by atoms with Crippen LogP contribution >= 0.6 is 0 Å². The second-order valence-corrected chi connectivity index (χ2v) is 0.593. The van der Waals surface area contributed by atoms with Crippen molar-refractivity contribution < 1.29 is 71.2 Å². The van der Waals surface area contributed by atoms with Crippen molar-refractivity contribution in [2.24, 2.45) is 0 Å². The van der Waals surface area contributed by atoms with Crippen molar-refractivity contribution in [3.63, 3.8) is 0 Å². The van der Waals surface area contributed by atoms with E-state index in [0.717, 1.165) is 0 Å². The molecule has 0 aliphatic rings. The van der Waals surface area contributed by atoms with Crippen LogP contribution in [0.5, 0.6) is 0 Å². The summed E-state index contributed by atoms with van der Waals surface area (Å²) in [7, 11) is 0. The van der Waals surface area contributed by atoms with E-state index < -0.39 is 11.9 Å². The Morgan fingerprint density at radius 3 is 1.50 bits per heavy atom. The van der Waals surface area contributed by atoms with Gasteiger partial charge in [0.15, 0.2) is 5.97 Å². The van der Waals surface area contributed by atoms with E-state index >= 15 is 0 Å². The van der Waals surface area contributed by atoms with Gasteiger partial charge in [0.25, 0.3) is 0 Å².